The van der Waals surface area contributed by atoms with Gasteiger partial charge in [0, 0.05) is 25.5 Å². The molecule has 1 aliphatic rings. The maximum atomic E-state index is 2.64. The number of hydrogen-bond donors (Lipinski definition) is 0. The van der Waals surface area contributed by atoms with Gasteiger partial charge < -0.3 is 9.80 Å². The zero-order valence-electron chi connectivity index (χ0n) is 25.0. The Morgan fingerprint density at radius 2 is 0.919 bits per heavy atom. The third-order valence-electron chi connectivity index (χ3n) is 8.26. The maximum absolute atomic E-state index is 2.64. The van der Waals surface area contributed by atoms with Crippen LogP contribution >= 0.6 is 0 Å². The second-order valence-corrected chi connectivity index (χ2v) is 11.7. The minimum Gasteiger partial charge on any atom is -0.356 e. The molecule has 0 amide bonds. The van der Waals surface area contributed by atoms with E-state index in [1.54, 1.807) is 0 Å². The summed E-state index contributed by atoms with van der Waals surface area (Å²) in [6.45, 7) is 6.86. The Hall–Kier alpha value is -1.44. The zero-order valence-corrected chi connectivity index (χ0v) is 25.0. The highest BCUT2D eigenvalue weighted by atomic mass is 15.4. The molecule has 1 heterocycles. The van der Waals surface area contributed by atoms with E-state index >= 15 is 0 Å². The molecular formula is C35H62N2. The first kappa shape index (κ1) is 31.8. The van der Waals surface area contributed by atoms with Gasteiger partial charge in [-0.3, -0.25) is 0 Å². The van der Waals surface area contributed by atoms with E-state index in [0.717, 1.165) is 6.54 Å². The fourth-order valence-electron chi connectivity index (χ4n) is 5.84. The summed E-state index contributed by atoms with van der Waals surface area (Å²) in [6.07, 6.45) is 36.5. The fourth-order valence-corrected chi connectivity index (χ4v) is 5.84. The quantitative estimate of drug-likeness (QED) is 0.121. The van der Waals surface area contributed by atoms with Crippen LogP contribution in [0.1, 0.15) is 161 Å². The van der Waals surface area contributed by atoms with Crippen LogP contribution in [0.25, 0.3) is 0 Å². The average Bonchev–Trinajstić information content (AvgIpc) is 3.29. The van der Waals surface area contributed by atoms with E-state index in [1.807, 2.05) is 0 Å². The van der Waals surface area contributed by atoms with E-state index < -0.39 is 0 Å². The minimum absolute atomic E-state index is 0.554. The third-order valence-corrected chi connectivity index (χ3v) is 8.26. The molecule has 0 aromatic heterocycles. The lowest BCUT2D eigenvalue weighted by atomic mass is 10.0. The molecule has 2 heteroatoms. The molecule has 212 valence electrons. The summed E-state index contributed by atoms with van der Waals surface area (Å²) in [7, 11) is 0. The van der Waals surface area contributed by atoms with Crippen molar-refractivity contribution in [3.05, 3.63) is 48.3 Å². The Morgan fingerprint density at radius 3 is 1.43 bits per heavy atom. The van der Waals surface area contributed by atoms with Crippen LogP contribution in [0.3, 0.4) is 0 Å². The monoisotopic (exact) mass is 510 g/mol. The summed E-state index contributed by atoms with van der Waals surface area (Å²) in [6, 6.07) is 11.0. The molecule has 1 aromatic carbocycles. The molecule has 1 aromatic rings. The molecule has 2 rings (SSSR count). The van der Waals surface area contributed by atoms with Crippen LogP contribution in [0.15, 0.2) is 42.7 Å². The van der Waals surface area contributed by atoms with Crippen molar-refractivity contribution in [1.82, 2.24) is 9.80 Å². The highest BCUT2D eigenvalue weighted by molar-refractivity contribution is 5.16. The molecule has 0 bridgehead atoms. The number of hydrogen-bond acceptors (Lipinski definition) is 2. The second kappa shape index (κ2) is 22.5. The molecule has 0 aliphatic carbocycles. The van der Waals surface area contributed by atoms with Gasteiger partial charge in [0.25, 0.3) is 0 Å². The molecule has 0 fully saturated rings. The van der Waals surface area contributed by atoms with E-state index in [-0.39, 0.29) is 0 Å². The lowest BCUT2D eigenvalue weighted by Crippen LogP contribution is -2.38. The molecular weight excluding hydrogens is 448 g/mol. The van der Waals surface area contributed by atoms with Crippen LogP contribution in [0.4, 0.5) is 0 Å². The second-order valence-electron chi connectivity index (χ2n) is 11.7. The van der Waals surface area contributed by atoms with Crippen molar-refractivity contribution in [1.29, 1.82) is 0 Å². The first-order chi connectivity index (χ1) is 18.3. The zero-order chi connectivity index (χ0) is 26.2. The Bertz CT molecular complexity index is 640. The van der Waals surface area contributed by atoms with E-state index in [0.29, 0.717) is 6.17 Å². The molecule has 0 saturated heterocycles. The van der Waals surface area contributed by atoms with Crippen LogP contribution in [0.2, 0.25) is 0 Å². The van der Waals surface area contributed by atoms with Gasteiger partial charge in [0.2, 0.25) is 0 Å². The highest BCUT2D eigenvalue weighted by Gasteiger charge is 2.25. The van der Waals surface area contributed by atoms with Gasteiger partial charge in [-0.15, -0.1) is 0 Å². The Balaban J connectivity index is 1.53. The van der Waals surface area contributed by atoms with Crippen molar-refractivity contribution in [3.63, 3.8) is 0 Å². The third kappa shape index (κ3) is 15.5. The van der Waals surface area contributed by atoms with Gasteiger partial charge in [0.1, 0.15) is 6.17 Å². The molecule has 0 saturated carbocycles. The normalized spacial score (nSPS) is 15.2. The van der Waals surface area contributed by atoms with Crippen molar-refractivity contribution in [2.24, 2.45) is 0 Å². The van der Waals surface area contributed by atoms with E-state index in [4.69, 9.17) is 0 Å². The first-order valence-corrected chi connectivity index (χ1v) is 16.6. The number of unbranched alkanes of at least 4 members (excludes halogenated alkanes) is 19. The minimum atomic E-state index is 0.554. The Labute approximate surface area is 232 Å². The fraction of sp³-hybridized carbons (Fsp3) is 0.771. The predicted molar refractivity (Wildman–Crippen MR) is 165 cm³/mol. The van der Waals surface area contributed by atoms with E-state index in [1.165, 1.54) is 153 Å². The van der Waals surface area contributed by atoms with Gasteiger partial charge in [0.05, 0.1) is 0 Å². The number of nitrogens with zero attached hydrogens (tertiary/aromatic N) is 2. The van der Waals surface area contributed by atoms with Gasteiger partial charge in [-0.1, -0.05) is 166 Å². The smallest absolute Gasteiger partial charge is 0.101 e. The molecule has 37 heavy (non-hydrogen) atoms. The summed E-state index contributed by atoms with van der Waals surface area (Å²) in [5, 5.41) is 0. The molecule has 0 spiro atoms. The largest absolute Gasteiger partial charge is 0.356 e. The Kier molecular flexibility index (Phi) is 19.4. The van der Waals surface area contributed by atoms with E-state index in [9.17, 15) is 0 Å². The van der Waals surface area contributed by atoms with Crippen molar-refractivity contribution in [2.75, 3.05) is 6.54 Å². The molecule has 2 nitrogen and oxygen atoms in total. The van der Waals surface area contributed by atoms with E-state index in [2.05, 4.69) is 66.4 Å². The lowest BCUT2D eigenvalue weighted by molar-refractivity contribution is 0.132. The predicted octanol–water partition coefficient (Wildman–Crippen LogP) is 11.2. The highest BCUT2D eigenvalue weighted by Crippen LogP contribution is 2.25. The van der Waals surface area contributed by atoms with Crippen LogP contribution in [0.5, 0.6) is 0 Å². The van der Waals surface area contributed by atoms with Crippen LogP contribution in [-0.2, 0) is 6.54 Å². The van der Waals surface area contributed by atoms with Gasteiger partial charge in [0.15, 0.2) is 0 Å². The molecule has 1 aliphatic heterocycles. The van der Waals surface area contributed by atoms with Crippen LogP contribution in [-0.4, -0.2) is 22.5 Å². The number of rotatable bonds is 25. The van der Waals surface area contributed by atoms with Crippen molar-refractivity contribution >= 4 is 0 Å². The summed E-state index contributed by atoms with van der Waals surface area (Å²) >= 11 is 0. The molecule has 1 atom stereocenters. The van der Waals surface area contributed by atoms with Crippen molar-refractivity contribution < 1.29 is 0 Å². The van der Waals surface area contributed by atoms with Gasteiger partial charge >= 0.3 is 0 Å². The molecule has 0 N–H and O–H groups in total. The molecule has 1 unspecified atom stereocenters. The summed E-state index contributed by atoms with van der Waals surface area (Å²) in [5.74, 6) is 0. The molecule has 0 radical (unpaired) electrons. The lowest BCUT2D eigenvalue weighted by Gasteiger charge is -2.33. The first-order valence-electron chi connectivity index (χ1n) is 16.6. The van der Waals surface area contributed by atoms with Crippen molar-refractivity contribution in [2.45, 2.75) is 168 Å². The van der Waals surface area contributed by atoms with Crippen molar-refractivity contribution in [3.8, 4) is 0 Å². The topological polar surface area (TPSA) is 6.48 Å². The van der Waals surface area contributed by atoms with Gasteiger partial charge in [-0.25, -0.2) is 0 Å². The Morgan fingerprint density at radius 1 is 0.486 bits per heavy atom. The number of benzene rings is 1. The SMILES string of the molecule is CCCCCCCCCCCCCCCCCCC1N(CCCCCCC)C=CN1Cc1ccccc1. The van der Waals surface area contributed by atoms with Gasteiger partial charge in [-0.2, -0.15) is 0 Å². The summed E-state index contributed by atoms with van der Waals surface area (Å²) in [5.41, 5.74) is 1.42. The van der Waals surface area contributed by atoms with Gasteiger partial charge in [-0.05, 0) is 24.8 Å². The maximum Gasteiger partial charge on any atom is 0.101 e. The summed E-state index contributed by atoms with van der Waals surface area (Å²) in [4.78, 5) is 5.23. The average molecular weight is 511 g/mol. The van der Waals surface area contributed by atoms with Crippen LogP contribution < -0.4 is 0 Å². The standard InChI is InChI=1S/C35H62N2/c1-3-5-7-9-10-11-12-13-14-15-16-17-18-19-20-25-29-35-36(30-26-21-8-6-4-2)31-32-37(35)33-34-27-23-22-24-28-34/h22-24,27-28,31-32,35H,3-21,25-26,29-30,33H2,1-2H3. The summed E-state index contributed by atoms with van der Waals surface area (Å²) < 4.78 is 0. The van der Waals surface area contributed by atoms with Crippen LogP contribution in [0, 0.1) is 0 Å².